The lowest BCUT2D eigenvalue weighted by Crippen LogP contribution is -2.18. The van der Waals surface area contributed by atoms with Crippen LogP contribution in [0.15, 0.2) is 18.2 Å². The molecule has 1 unspecified atom stereocenters. The van der Waals surface area contributed by atoms with Gasteiger partial charge in [0.2, 0.25) is 0 Å². The maximum absolute atomic E-state index is 13.0. The van der Waals surface area contributed by atoms with Crippen molar-refractivity contribution >= 4 is 0 Å². The van der Waals surface area contributed by atoms with Crippen LogP contribution in [0.25, 0.3) is 0 Å². The Morgan fingerprint density at radius 1 is 1.47 bits per heavy atom. The van der Waals surface area contributed by atoms with E-state index in [-0.39, 0.29) is 5.82 Å². The van der Waals surface area contributed by atoms with Gasteiger partial charge in [-0.2, -0.15) is 0 Å². The molecule has 1 aromatic rings. The van der Waals surface area contributed by atoms with Crippen molar-refractivity contribution in [1.82, 2.24) is 5.32 Å². The molecule has 0 aliphatic rings. The van der Waals surface area contributed by atoms with Gasteiger partial charge in [-0.1, -0.05) is 6.92 Å². The molecule has 0 radical (unpaired) electrons. The zero-order valence-electron chi connectivity index (χ0n) is 9.51. The van der Waals surface area contributed by atoms with Gasteiger partial charge >= 0.3 is 0 Å². The normalized spacial score (nSPS) is 12.5. The molecule has 0 fully saturated rings. The van der Waals surface area contributed by atoms with E-state index in [2.05, 4.69) is 12.2 Å². The number of halogens is 1. The van der Waals surface area contributed by atoms with Gasteiger partial charge in [-0.05, 0) is 49.7 Å². The molecule has 0 aromatic heterocycles. The SMILES string of the molecule is CNCC(C)Cc1cc(F)ccc1OC. The number of benzene rings is 1. The van der Waals surface area contributed by atoms with Crippen molar-refractivity contribution in [3.8, 4) is 5.75 Å². The molecule has 1 N–H and O–H groups in total. The van der Waals surface area contributed by atoms with Gasteiger partial charge in [0.05, 0.1) is 7.11 Å². The molecule has 0 aliphatic carbocycles. The average molecular weight is 211 g/mol. The highest BCUT2D eigenvalue weighted by molar-refractivity contribution is 5.34. The van der Waals surface area contributed by atoms with Crippen molar-refractivity contribution in [3.05, 3.63) is 29.6 Å². The van der Waals surface area contributed by atoms with Crippen molar-refractivity contribution in [3.63, 3.8) is 0 Å². The van der Waals surface area contributed by atoms with E-state index in [0.717, 1.165) is 24.3 Å². The first-order valence-electron chi connectivity index (χ1n) is 5.14. The molecule has 0 saturated carbocycles. The Morgan fingerprint density at radius 3 is 2.80 bits per heavy atom. The summed E-state index contributed by atoms with van der Waals surface area (Å²) < 4.78 is 18.2. The summed E-state index contributed by atoms with van der Waals surface area (Å²) in [4.78, 5) is 0. The fourth-order valence-corrected chi connectivity index (χ4v) is 1.70. The summed E-state index contributed by atoms with van der Waals surface area (Å²) in [5.74, 6) is 1.02. The number of hydrogen-bond acceptors (Lipinski definition) is 2. The minimum absolute atomic E-state index is 0.206. The molecular formula is C12H18FNO. The fourth-order valence-electron chi connectivity index (χ4n) is 1.70. The summed E-state index contributed by atoms with van der Waals surface area (Å²) >= 11 is 0. The zero-order chi connectivity index (χ0) is 11.3. The Balaban J connectivity index is 2.77. The summed E-state index contributed by atoms with van der Waals surface area (Å²) in [5.41, 5.74) is 0.931. The molecule has 0 bridgehead atoms. The van der Waals surface area contributed by atoms with Gasteiger partial charge in [-0.15, -0.1) is 0 Å². The molecule has 0 aliphatic heterocycles. The smallest absolute Gasteiger partial charge is 0.123 e. The van der Waals surface area contributed by atoms with Gasteiger partial charge in [0, 0.05) is 0 Å². The maximum Gasteiger partial charge on any atom is 0.123 e. The monoisotopic (exact) mass is 211 g/mol. The van der Waals surface area contributed by atoms with Crippen LogP contribution in [0.2, 0.25) is 0 Å². The molecule has 15 heavy (non-hydrogen) atoms. The van der Waals surface area contributed by atoms with E-state index in [4.69, 9.17) is 4.74 Å². The molecule has 1 atom stereocenters. The molecule has 1 aromatic carbocycles. The largest absolute Gasteiger partial charge is 0.496 e. The van der Waals surface area contributed by atoms with Crippen LogP contribution in [0.1, 0.15) is 12.5 Å². The summed E-state index contributed by atoms with van der Waals surface area (Å²) in [6.45, 7) is 3.04. The van der Waals surface area contributed by atoms with E-state index in [1.807, 2.05) is 7.05 Å². The summed E-state index contributed by atoms with van der Waals surface area (Å²) in [6.07, 6.45) is 0.821. The Labute approximate surface area is 90.4 Å². The third-order valence-corrected chi connectivity index (χ3v) is 2.36. The quantitative estimate of drug-likeness (QED) is 0.806. The van der Waals surface area contributed by atoms with Crippen LogP contribution < -0.4 is 10.1 Å². The van der Waals surface area contributed by atoms with Crippen molar-refractivity contribution < 1.29 is 9.13 Å². The second kappa shape index (κ2) is 5.71. The van der Waals surface area contributed by atoms with Gasteiger partial charge in [0.25, 0.3) is 0 Å². The molecule has 84 valence electrons. The maximum atomic E-state index is 13.0. The van der Waals surface area contributed by atoms with Gasteiger partial charge in [0.1, 0.15) is 11.6 Å². The molecular weight excluding hydrogens is 193 g/mol. The first kappa shape index (κ1) is 12.0. The summed E-state index contributed by atoms with van der Waals surface area (Å²) in [7, 11) is 3.53. The molecule has 3 heteroatoms. The minimum Gasteiger partial charge on any atom is -0.496 e. The Kier molecular flexibility index (Phi) is 4.56. The van der Waals surface area contributed by atoms with E-state index in [0.29, 0.717) is 5.92 Å². The highest BCUT2D eigenvalue weighted by atomic mass is 19.1. The average Bonchev–Trinajstić information content (AvgIpc) is 2.18. The fraction of sp³-hybridized carbons (Fsp3) is 0.500. The first-order chi connectivity index (χ1) is 7.17. The van der Waals surface area contributed by atoms with Crippen LogP contribution in [0.4, 0.5) is 4.39 Å². The molecule has 2 nitrogen and oxygen atoms in total. The van der Waals surface area contributed by atoms with Gasteiger partial charge in [-0.3, -0.25) is 0 Å². The Bertz CT molecular complexity index is 314. The Hall–Kier alpha value is -1.09. The van der Waals surface area contributed by atoms with E-state index < -0.39 is 0 Å². The van der Waals surface area contributed by atoms with Crippen molar-refractivity contribution in [1.29, 1.82) is 0 Å². The number of methoxy groups -OCH3 is 1. The Morgan fingerprint density at radius 2 is 2.20 bits per heavy atom. The van der Waals surface area contributed by atoms with Gasteiger partial charge in [0.15, 0.2) is 0 Å². The van der Waals surface area contributed by atoms with Gasteiger partial charge < -0.3 is 10.1 Å². The van der Waals surface area contributed by atoms with Crippen LogP contribution in [-0.2, 0) is 6.42 Å². The number of rotatable bonds is 5. The van der Waals surface area contributed by atoms with Crippen LogP contribution in [-0.4, -0.2) is 20.7 Å². The van der Waals surface area contributed by atoms with E-state index in [9.17, 15) is 4.39 Å². The van der Waals surface area contributed by atoms with Crippen LogP contribution in [0.3, 0.4) is 0 Å². The standard InChI is InChI=1S/C12H18FNO/c1-9(8-14-2)6-10-7-11(13)4-5-12(10)15-3/h4-5,7,9,14H,6,8H2,1-3H3. The van der Waals surface area contributed by atoms with Crippen molar-refractivity contribution in [2.24, 2.45) is 5.92 Å². The highest BCUT2D eigenvalue weighted by Gasteiger charge is 2.08. The number of hydrogen-bond donors (Lipinski definition) is 1. The van der Waals surface area contributed by atoms with Crippen molar-refractivity contribution in [2.45, 2.75) is 13.3 Å². The highest BCUT2D eigenvalue weighted by Crippen LogP contribution is 2.22. The number of ether oxygens (including phenoxy) is 1. The molecule has 0 amide bonds. The summed E-state index contributed by atoms with van der Waals surface area (Å²) in [6, 6.07) is 4.65. The lowest BCUT2D eigenvalue weighted by atomic mass is 10.0. The van der Waals surface area contributed by atoms with Crippen LogP contribution in [0, 0.1) is 11.7 Å². The first-order valence-corrected chi connectivity index (χ1v) is 5.14. The molecule has 0 heterocycles. The third kappa shape index (κ3) is 3.51. The second-order valence-corrected chi connectivity index (χ2v) is 3.82. The third-order valence-electron chi connectivity index (χ3n) is 2.36. The summed E-state index contributed by atoms with van der Waals surface area (Å²) in [5, 5.41) is 3.11. The number of nitrogens with one attached hydrogen (secondary N) is 1. The van der Waals surface area contributed by atoms with Crippen molar-refractivity contribution in [2.75, 3.05) is 20.7 Å². The molecule has 0 saturated heterocycles. The van der Waals surface area contributed by atoms with Crippen LogP contribution in [0.5, 0.6) is 5.75 Å². The zero-order valence-corrected chi connectivity index (χ0v) is 9.51. The molecule has 0 spiro atoms. The minimum atomic E-state index is -0.206. The van der Waals surface area contributed by atoms with E-state index in [1.54, 1.807) is 19.2 Å². The lowest BCUT2D eigenvalue weighted by Gasteiger charge is -2.13. The predicted molar refractivity (Wildman–Crippen MR) is 59.7 cm³/mol. The van der Waals surface area contributed by atoms with E-state index in [1.165, 1.54) is 6.07 Å². The topological polar surface area (TPSA) is 21.3 Å². The van der Waals surface area contributed by atoms with Gasteiger partial charge in [-0.25, -0.2) is 4.39 Å². The second-order valence-electron chi connectivity index (χ2n) is 3.82. The molecule has 1 rings (SSSR count). The van der Waals surface area contributed by atoms with Crippen LogP contribution >= 0.6 is 0 Å². The lowest BCUT2D eigenvalue weighted by molar-refractivity contribution is 0.403. The van der Waals surface area contributed by atoms with E-state index >= 15 is 0 Å². The predicted octanol–water partition coefficient (Wildman–Crippen LogP) is 2.23.